The van der Waals surface area contributed by atoms with E-state index >= 15 is 0 Å². The lowest BCUT2D eigenvalue weighted by Crippen LogP contribution is -2.42. The van der Waals surface area contributed by atoms with Gasteiger partial charge in [-0.15, -0.1) is 0 Å². The number of nitrogens with one attached hydrogen (secondary N) is 3. The molecule has 1 aliphatic heterocycles. The SMILES string of the molecule is CC(C)C[C@@H](COc1ccc(-c2ccnc(NC3CCNCC3)c2)cc1C#N)NC(=O)OC(C)(C)C. The average Bonchev–Trinajstić information content (AvgIpc) is 2.81. The fraction of sp³-hybridized carbons (Fsp3) is 0.536. The topological polar surface area (TPSA) is 108 Å². The normalized spacial score (nSPS) is 15.1. The highest BCUT2D eigenvalue weighted by atomic mass is 16.6. The number of anilines is 1. The molecule has 1 fully saturated rings. The minimum Gasteiger partial charge on any atom is -0.490 e. The Kier molecular flexibility index (Phi) is 9.54. The minimum atomic E-state index is -0.576. The van der Waals surface area contributed by atoms with Crippen LogP contribution in [0.15, 0.2) is 36.5 Å². The first kappa shape index (κ1) is 27.3. The molecule has 1 aromatic carbocycles. The number of benzene rings is 1. The fourth-order valence-corrected chi connectivity index (χ4v) is 4.19. The van der Waals surface area contributed by atoms with Gasteiger partial charge in [0.15, 0.2) is 0 Å². The molecular weight excluding hydrogens is 454 g/mol. The van der Waals surface area contributed by atoms with E-state index in [1.165, 1.54) is 0 Å². The standard InChI is InChI=1S/C28H39N5O3/c1-19(2)14-24(33-27(34)36-28(3,4)5)18-35-25-7-6-20(15-22(25)17-29)21-8-13-31-26(16-21)32-23-9-11-30-12-10-23/h6-8,13,15-16,19,23-24,30H,9-12,14,18H2,1-5H3,(H,31,32)(H,33,34)/t24-/m0/s1. The predicted molar refractivity (Wildman–Crippen MR) is 142 cm³/mol. The van der Waals surface area contributed by atoms with E-state index in [1.54, 1.807) is 6.20 Å². The summed E-state index contributed by atoms with van der Waals surface area (Å²) in [6.45, 7) is 11.9. The molecule has 3 N–H and O–H groups in total. The van der Waals surface area contributed by atoms with Crippen LogP contribution in [0.3, 0.4) is 0 Å². The van der Waals surface area contributed by atoms with Crippen molar-refractivity contribution >= 4 is 11.9 Å². The first-order chi connectivity index (χ1) is 17.1. The molecule has 0 unspecified atom stereocenters. The molecule has 8 heteroatoms. The van der Waals surface area contributed by atoms with Crippen molar-refractivity contribution in [1.82, 2.24) is 15.6 Å². The number of rotatable bonds is 9. The van der Waals surface area contributed by atoms with E-state index in [-0.39, 0.29) is 12.6 Å². The summed E-state index contributed by atoms with van der Waals surface area (Å²) in [5.74, 6) is 1.68. The number of amides is 1. The third-order valence-electron chi connectivity index (χ3n) is 5.80. The zero-order valence-corrected chi connectivity index (χ0v) is 22.1. The van der Waals surface area contributed by atoms with E-state index in [9.17, 15) is 10.1 Å². The first-order valence-corrected chi connectivity index (χ1v) is 12.7. The second kappa shape index (κ2) is 12.6. The highest BCUT2D eigenvalue weighted by molar-refractivity contribution is 5.70. The van der Waals surface area contributed by atoms with Gasteiger partial charge in [0.05, 0.1) is 11.6 Å². The number of pyridine rings is 1. The largest absolute Gasteiger partial charge is 0.490 e. The van der Waals surface area contributed by atoms with E-state index in [1.807, 2.05) is 51.1 Å². The quantitative estimate of drug-likeness (QED) is 0.446. The summed E-state index contributed by atoms with van der Waals surface area (Å²) in [4.78, 5) is 16.8. The van der Waals surface area contributed by atoms with Crippen LogP contribution in [0.1, 0.15) is 59.4 Å². The first-order valence-electron chi connectivity index (χ1n) is 12.7. The van der Waals surface area contributed by atoms with Crippen LogP contribution < -0.4 is 20.7 Å². The van der Waals surface area contributed by atoms with Crippen molar-refractivity contribution in [2.45, 2.75) is 71.6 Å². The van der Waals surface area contributed by atoms with Crippen molar-refractivity contribution in [3.8, 4) is 22.9 Å². The van der Waals surface area contributed by atoms with E-state index in [2.05, 4.69) is 40.9 Å². The Hall–Kier alpha value is -3.31. The zero-order chi connectivity index (χ0) is 26.1. The van der Waals surface area contributed by atoms with Gasteiger partial charge < -0.3 is 25.4 Å². The number of carbonyl (C=O) groups excluding carboxylic acids is 1. The monoisotopic (exact) mass is 493 g/mol. The molecule has 1 atom stereocenters. The highest BCUT2D eigenvalue weighted by Crippen LogP contribution is 2.28. The van der Waals surface area contributed by atoms with E-state index in [0.29, 0.717) is 23.3 Å². The number of hydrogen-bond acceptors (Lipinski definition) is 7. The van der Waals surface area contributed by atoms with Crippen LogP contribution in [0.25, 0.3) is 11.1 Å². The molecule has 0 saturated carbocycles. The molecule has 2 heterocycles. The van der Waals surface area contributed by atoms with Gasteiger partial charge in [0.25, 0.3) is 0 Å². The Morgan fingerprint density at radius 1 is 1.19 bits per heavy atom. The van der Waals surface area contributed by atoms with Crippen molar-refractivity contribution in [2.75, 3.05) is 25.0 Å². The van der Waals surface area contributed by atoms with Crippen molar-refractivity contribution < 1.29 is 14.3 Å². The molecule has 1 aromatic heterocycles. The summed E-state index contributed by atoms with van der Waals surface area (Å²) in [6.07, 6.45) is 4.17. The summed E-state index contributed by atoms with van der Waals surface area (Å²) in [7, 11) is 0. The number of carbonyl (C=O) groups is 1. The molecule has 36 heavy (non-hydrogen) atoms. The van der Waals surface area contributed by atoms with Crippen LogP contribution in [0, 0.1) is 17.2 Å². The number of aromatic nitrogens is 1. The predicted octanol–water partition coefficient (Wildman–Crippen LogP) is 5.10. The Morgan fingerprint density at radius 3 is 2.58 bits per heavy atom. The molecule has 1 aliphatic rings. The van der Waals surface area contributed by atoms with Crippen molar-refractivity contribution in [3.63, 3.8) is 0 Å². The third kappa shape index (κ3) is 8.72. The van der Waals surface area contributed by atoms with Gasteiger partial charge in [-0.2, -0.15) is 5.26 Å². The smallest absolute Gasteiger partial charge is 0.407 e. The van der Waals surface area contributed by atoms with Crippen LogP contribution in [0.5, 0.6) is 5.75 Å². The Bertz CT molecular complexity index is 1050. The van der Waals surface area contributed by atoms with Gasteiger partial charge in [-0.25, -0.2) is 9.78 Å². The molecule has 0 spiro atoms. The van der Waals surface area contributed by atoms with Crippen LogP contribution in [0.2, 0.25) is 0 Å². The van der Waals surface area contributed by atoms with Gasteiger partial charge in [-0.05, 0) is 94.4 Å². The molecule has 0 aliphatic carbocycles. The number of nitriles is 1. The van der Waals surface area contributed by atoms with Gasteiger partial charge in [0, 0.05) is 12.2 Å². The lowest BCUT2D eigenvalue weighted by atomic mass is 10.0. The third-order valence-corrected chi connectivity index (χ3v) is 5.80. The molecule has 194 valence electrons. The van der Waals surface area contributed by atoms with Gasteiger partial charge in [0.1, 0.15) is 29.8 Å². The molecule has 2 aromatic rings. The average molecular weight is 494 g/mol. The number of piperidine rings is 1. The molecule has 0 bridgehead atoms. The summed E-state index contributed by atoms with van der Waals surface area (Å²) >= 11 is 0. The van der Waals surface area contributed by atoms with Crippen LogP contribution in [-0.4, -0.2) is 48.5 Å². The Balaban J connectivity index is 1.69. The summed E-state index contributed by atoms with van der Waals surface area (Å²) in [6, 6.07) is 12.0. The Morgan fingerprint density at radius 2 is 1.92 bits per heavy atom. The van der Waals surface area contributed by atoms with E-state index in [0.717, 1.165) is 49.3 Å². The number of alkyl carbamates (subject to hydrolysis) is 1. The molecule has 1 amide bonds. The van der Waals surface area contributed by atoms with Crippen LogP contribution >= 0.6 is 0 Å². The Labute approximate surface area is 214 Å². The second-order valence-electron chi connectivity index (χ2n) is 10.7. The van der Waals surface area contributed by atoms with Gasteiger partial charge in [0.2, 0.25) is 0 Å². The van der Waals surface area contributed by atoms with Gasteiger partial charge in [-0.1, -0.05) is 19.9 Å². The number of hydrogen-bond donors (Lipinski definition) is 3. The summed E-state index contributed by atoms with van der Waals surface area (Å²) in [5.41, 5.74) is 1.76. The van der Waals surface area contributed by atoms with Gasteiger partial charge >= 0.3 is 6.09 Å². The van der Waals surface area contributed by atoms with Crippen LogP contribution in [-0.2, 0) is 4.74 Å². The molecular formula is C28H39N5O3. The maximum absolute atomic E-state index is 12.3. The second-order valence-corrected chi connectivity index (χ2v) is 10.7. The lowest BCUT2D eigenvalue weighted by molar-refractivity contribution is 0.0480. The molecule has 0 radical (unpaired) electrons. The van der Waals surface area contributed by atoms with Crippen molar-refractivity contribution in [3.05, 3.63) is 42.1 Å². The summed E-state index contributed by atoms with van der Waals surface area (Å²) in [5, 5.41) is 19.6. The van der Waals surface area contributed by atoms with Gasteiger partial charge in [-0.3, -0.25) is 0 Å². The molecule has 3 rings (SSSR count). The van der Waals surface area contributed by atoms with E-state index < -0.39 is 11.7 Å². The zero-order valence-electron chi connectivity index (χ0n) is 22.1. The molecule has 8 nitrogen and oxygen atoms in total. The molecule has 1 saturated heterocycles. The number of ether oxygens (including phenoxy) is 2. The van der Waals surface area contributed by atoms with Crippen molar-refractivity contribution in [2.24, 2.45) is 5.92 Å². The maximum Gasteiger partial charge on any atom is 0.407 e. The fourth-order valence-electron chi connectivity index (χ4n) is 4.19. The lowest BCUT2D eigenvalue weighted by Gasteiger charge is -2.25. The van der Waals surface area contributed by atoms with Crippen molar-refractivity contribution in [1.29, 1.82) is 5.26 Å². The van der Waals surface area contributed by atoms with E-state index in [4.69, 9.17) is 9.47 Å². The van der Waals surface area contributed by atoms with Crippen LogP contribution in [0.4, 0.5) is 10.6 Å². The minimum absolute atomic E-state index is 0.241. The highest BCUT2D eigenvalue weighted by Gasteiger charge is 2.21. The maximum atomic E-state index is 12.3. The summed E-state index contributed by atoms with van der Waals surface area (Å²) < 4.78 is 11.4. The number of nitrogens with zero attached hydrogens (tertiary/aromatic N) is 2.